The molecule has 0 aliphatic carbocycles. The number of nitrogens with zero attached hydrogens (tertiary/aromatic N) is 1. The van der Waals surface area contributed by atoms with Crippen LogP contribution in [0.5, 0.6) is 0 Å². The molecule has 0 radical (unpaired) electrons. The van der Waals surface area contributed by atoms with E-state index in [4.69, 9.17) is 16.3 Å². The third kappa shape index (κ3) is 2.94. The van der Waals surface area contributed by atoms with Crippen LogP contribution in [0, 0.1) is 6.92 Å². The summed E-state index contributed by atoms with van der Waals surface area (Å²) in [5.74, 6) is 0.327. The van der Waals surface area contributed by atoms with Gasteiger partial charge in [-0.05, 0) is 37.6 Å². The van der Waals surface area contributed by atoms with Gasteiger partial charge in [-0.2, -0.15) is 0 Å². The number of rotatable bonds is 4. The second kappa shape index (κ2) is 6.42. The molecule has 118 valence electrons. The standard InChI is InChI=1S/C18H17ClN2O2/c1-3-20-18-15(14-10-11(2)8-9-21-14)16(22)17(23-18)12-6-4-5-7-13(12)19/h4-10,17,20H,3H2,1-2H3/t17-/m0/s1. The number of ether oxygens (including phenoxy) is 1. The highest BCUT2D eigenvalue weighted by atomic mass is 35.5. The lowest BCUT2D eigenvalue weighted by molar-refractivity contribution is -0.120. The molecule has 0 saturated heterocycles. The number of aromatic nitrogens is 1. The van der Waals surface area contributed by atoms with Crippen LogP contribution in [0.2, 0.25) is 5.02 Å². The van der Waals surface area contributed by atoms with Crippen LogP contribution in [0.4, 0.5) is 0 Å². The maximum absolute atomic E-state index is 12.9. The van der Waals surface area contributed by atoms with E-state index in [1.807, 2.05) is 38.1 Å². The van der Waals surface area contributed by atoms with Crippen LogP contribution in [0.25, 0.3) is 5.57 Å². The van der Waals surface area contributed by atoms with Crippen molar-refractivity contribution >= 4 is 23.0 Å². The third-order valence-electron chi connectivity index (χ3n) is 3.64. The summed E-state index contributed by atoms with van der Waals surface area (Å²) in [6.45, 7) is 4.56. The van der Waals surface area contributed by atoms with Crippen molar-refractivity contribution in [1.82, 2.24) is 10.3 Å². The van der Waals surface area contributed by atoms with Crippen LogP contribution in [0.1, 0.15) is 29.8 Å². The molecule has 23 heavy (non-hydrogen) atoms. The molecule has 1 aromatic heterocycles. The van der Waals surface area contributed by atoms with E-state index < -0.39 is 6.10 Å². The summed E-state index contributed by atoms with van der Waals surface area (Å²) < 4.78 is 5.88. The van der Waals surface area contributed by atoms with Crippen molar-refractivity contribution in [1.29, 1.82) is 0 Å². The van der Waals surface area contributed by atoms with E-state index >= 15 is 0 Å². The molecule has 1 N–H and O–H groups in total. The van der Waals surface area contributed by atoms with E-state index in [1.54, 1.807) is 18.3 Å². The Morgan fingerprint density at radius 3 is 2.78 bits per heavy atom. The van der Waals surface area contributed by atoms with Crippen molar-refractivity contribution in [3.8, 4) is 0 Å². The lowest BCUT2D eigenvalue weighted by Crippen LogP contribution is -2.14. The van der Waals surface area contributed by atoms with Crippen LogP contribution < -0.4 is 5.32 Å². The normalized spacial score (nSPS) is 17.3. The minimum Gasteiger partial charge on any atom is -0.462 e. The van der Waals surface area contributed by atoms with Gasteiger partial charge >= 0.3 is 0 Å². The van der Waals surface area contributed by atoms with Crippen LogP contribution >= 0.6 is 11.6 Å². The Hall–Kier alpha value is -2.33. The number of Topliss-reactive ketones (excluding diaryl/α,β-unsaturated/α-hetero) is 1. The summed E-state index contributed by atoms with van der Waals surface area (Å²) in [4.78, 5) is 17.3. The van der Waals surface area contributed by atoms with Crippen LogP contribution in [0.15, 0.2) is 48.5 Å². The summed E-state index contributed by atoms with van der Waals surface area (Å²) >= 11 is 6.23. The second-order valence-electron chi connectivity index (χ2n) is 5.34. The van der Waals surface area contributed by atoms with E-state index in [0.29, 0.717) is 34.3 Å². The van der Waals surface area contributed by atoms with Gasteiger partial charge in [-0.1, -0.05) is 29.8 Å². The molecule has 4 nitrogen and oxygen atoms in total. The quantitative estimate of drug-likeness (QED) is 0.930. The molecule has 0 spiro atoms. The zero-order valence-electron chi connectivity index (χ0n) is 13.0. The number of pyridine rings is 1. The molecule has 2 heterocycles. The average molecular weight is 329 g/mol. The Morgan fingerprint density at radius 1 is 1.30 bits per heavy atom. The summed E-state index contributed by atoms with van der Waals surface area (Å²) in [6, 6.07) is 11.0. The predicted octanol–water partition coefficient (Wildman–Crippen LogP) is 3.66. The first-order chi connectivity index (χ1) is 11.1. The summed E-state index contributed by atoms with van der Waals surface area (Å²) in [7, 11) is 0. The number of hydrogen-bond donors (Lipinski definition) is 1. The fraction of sp³-hybridized carbons (Fsp3) is 0.222. The lowest BCUT2D eigenvalue weighted by Gasteiger charge is -2.13. The summed E-state index contributed by atoms with van der Waals surface area (Å²) in [5.41, 5.74) is 2.78. The van der Waals surface area contributed by atoms with Crippen LogP contribution in [-0.2, 0) is 9.53 Å². The smallest absolute Gasteiger partial charge is 0.215 e. The Kier molecular flexibility index (Phi) is 4.35. The van der Waals surface area contributed by atoms with Crippen molar-refractivity contribution in [3.63, 3.8) is 0 Å². The number of carbonyl (C=O) groups is 1. The number of carbonyl (C=O) groups excluding carboxylic acids is 1. The Labute approximate surface area is 140 Å². The first-order valence-corrected chi connectivity index (χ1v) is 7.86. The number of halogens is 1. The lowest BCUT2D eigenvalue weighted by atomic mass is 9.99. The molecular formula is C18H17ClN2O2. The van der Waals surface area contributed by atoms with Gasteiger partial charge in [0, 0.05) is 23.3 Å². The number of hydrogen-bond acceptors (Lipinski definition) is 4. The molecule has 0 fully saturated rings. The Morgan fingerprint density at radius 2 is 2.09 bits per heavy atom. The minimum absolute atomic E-state index is 0.132. The summed E-state index contributed by atoms with van der Waals surface area (Å²) in [6.07, 6.45) is 0.951. The zero-order chi connectivity index (χ0) is 16.4. The van der Waals surface area contributed by atoms with Gasteiger partial charge in [0.1, 0.15) is 5.57 Å². The molecule has 0 saturated carbocycles. The predicted molar refractivity (Wildman–Crippen MR) is 89.9 cm³/mol. The van der Waals surface area contributed by atoms with Gasteiger partial charge in [0.2, 0.25) is 11.7 Å². The number of benzene rings is 1. The molecule has 0 unspecified atom stereocenters. The summed E-state index contributed by atoms with van der Waals surface area (Å²) in [5, 5.41) is 3.63. The number of nitrogens with one attached hydrogen (secondary N) is 1. The van der Waals surface area contributed by atoms with Gasteiger partial charge in [-0.25, -0.2) is 0 Å². The largest absolute Gasteiger partial charge is 0.462 e. The molecule has 1 aromatic carbocycles. The molecule has 0 bridgehead atoms. The zero-order valence-corrected chi connectivity index (χ0v) is 13.7. The Balaban J connectivity index is 2.04. The van der Waals surface area contributed by atoms with Crippen molar-refractivity contribution < 1.29 is 9.53 Å². The molecular weight excluding hydrogens is 312 g/mol. The highest BCUT2D eigenvalue weighted by Crippen LogP contribution is 2.38. The molecule has 1 atom stereocenters. The van der Waals surface area contributed by atoms with E-state index in [1.165, 1.54) is 0 Å². The molecule has 5 heteroatoms. The number of ketones is 1. The van der Waals surface area contributed by atoms with Crippen molar-refractivity contribution in [2.75, 3.05) is 6.54 Å². The van der Waals surface area contributed by atoms with Gasteiger partial charge < -0.3 is 10.1 Å². The van der Waals surface area contributed by atoms with Gasteiger partial charge in [0.15, 0.2) is 6.10 Å². The highest BCUT2D eigenvalue weighted by molar-refractivity contribution is 6.32. The van der Waals surface area contributed by atoms with Crippen molar-refractivity contribution in [2.24, 2.45) is 0 Å². The fourth-order valence-electron chi connectivity index (χ4n) is 2.57. The maximum atomic E-state index is 12.9. The molecule has 0 amide bonds. The SMILES string of the molecule is CCNC1=C(c2cc(C)ccn2)C(=O)[C@H](c2ccccc2Cl)O1. The maximum Gasteiger partial charge on any atom is 0.215 e. The van der Waals surface area contributed by atoms with Gasteiger partial charge in [0.25, 0.3) is 0 Å². The van der Waals surface area contributed by atoms with E-state index in [9.17, 15) is 4.79 Å². The van der Waals surface area contributed by atoms with E-state index in [2.05, 4.69) is 10.3 Å². The average Bonchev–Trinajstić information content (AvgIpc) is 2.84. The van der Waals surface area contributed by atoms with Gasteiger partial charge in [0.05, 0.1) is 5.69 Å². The molecule has 1 aliphatic heterocycles. The number of aryl methyl sites for hydroxylation is 1. The molecule has 3 rings (SSSR count). The van der Waals surface area contributed by atoms with Gasteiger partial charge in [-0.3, -0.25) is 9.78 Å². The molecule has 2 aromatic rings. The van der Waals surface area contributed by atoms with Gasteiger partial charge in [-0.15, -0.1) is 0 Å². The van der Waals surface area contributed by atoms with E-state index in [-0.39, 0.29) is 5.78 Å². The van der Waals surface area contributed by atoms with Crippen LogP contribution in [-0.4, -0.2) is 17.3 Å². The second-order valence-corrected chi connectivity index (χ2v) is 5.74. The molecule has 1 aliphatic rings. The fourth-order valence-corrected chi connectivity index (χ4v) is 2.81. The van der Waals surface area contributed by atoms with Crippen molar-refractivity contribution in [3.05, 3.63) is 70.3 Å². The van der Waals surface area contributed by atoms with Crippen LogP contribution in [0.3, 0.4) is 0 Å². The van der Waals surface area contributed by atoms with E-state index in [0.717, 1.165) is 5.56 Å². The third-order valence-corrected chi connectivity index (χ3v) is 3.99. The topological polar surface area (TPSA) is 51.2 Å². The first kappa shape index (κ1) is 15.6. The van der Waals surface area contributed by atoms with Crippen molar-refractivity contribution in [2.45, 2.75) is 20.0 Å². The highest BCUT2D eigenvalue weighted by Gasteiger charge is 2.38. The minimum atomic E-state index is -0.741. The Bertz CT molecular complexity index is 786. The monoisotopic (exact) mass is 328 g/mol. The first-order valence-electron chi connectivity index (χ1n) is 7.48.